The highest BCUT2D eigenvalue weighted by Crippen LogP contribution is 2.32. The van der Waals surface area contributed by atoms with Crippen molar-refractivity contribution in [3.8, 4) is 23.0 Å². The van der Waals surface area contributed by atoms with Crippen molar-refractivity contribution >= 4 is 36.0 Å². The lowest BCUT2D eigenvalue weighted by Gasteiger charge is -2.17. The van der Waals surface area contributed by atoms with Crippen LogP contribution in [0.2, 0.25) is 0 Å². The first kappa shape index (κ1) is 41.6. The average Bonchev–Trinajstić information content (AvgIpc) is 3.85. The van der Waals surface area contributed by atoms with E-state index in [4.69, 9.17) is 47.4 Å². The van der Waals surface area contributed by atoms with Gasteiger partial charge in [-0.05, 0) is 110 Å². The van der Waals surface area contributed by atoms with Crippen LogP contribution in [0.4, 0.5) is 4.79 Å². The van der Waals surface area contributed by atoms with E-state index >= 15 is 0 Å². The van der Waals surface area contributed by atoms with E-state index in [-0.39, 0.29) is 60.4 Å². The molecule has 4 atom stereocenters. The summed E-state index contributed by atoms with van der Waals surface area (Å²) in [7, 11) is 1.52. The molecule has 0 bridgehead atoms. The maximum atomic E-state index is 13.0. The first-order valence-electron chi connectivity index (χ1n) is 18.3. The molecule has 306 valence electrons. The smallest absolute Gasteiger partial charge is 0.497 e. The summed E-state index contributed by atoms with van der Waals surface area (Å²) in [5.74, 6) is -1.97. The minimum atomic E-state index is -0.933. The molecule has 0 N–H and O–H groups in total. The zero-order valence-electron chi connectivity index (χ0n) is 31.6. The second-order valence-electron chi connectivity index (χ2n) is 12.8. The van der Waals surface area contributed by atoms with Gasteiger partial charge in [-0.3, -0.25) is 0 Å². The molecule has 59 heavy (non-hydrogen) atoms. The summed E-state index contributed by atoms with van der Waals surface area (Å²) in [5.41, 5.74) is 0.889. The Morgan fingerprint density at radius 1 is 0.542 bits per heavy atom. The summed E-state index contributed by atoms with van der Waals surface area (Å²) in [4.78, 5) is 74.1. The highest BCUT2D eigenvalue weighted by molar-refractivity contribution is 5.93. The van der Waals surface area contributed by atoms with Gasteiger partial charge < -0.3 is 47.4 Å². The molecule has 4 aromatic rings. The van der Waals surface area contributed by atoms with Crippen LogP contribution in [0.1, 0.15) is 54.3 Å². The summed E-state index contributed by atoms with van der Waals surface area (Å²) in [6, 6.07) is 23.6. The quantitative estimate of drug-likeness (QED) is 0.0333. The van der Waals surface area contributed by atoms with E-state index in [0.717, 1.165) is 6.08 Å². The van der Waals surface area contributed by atoms with Gasteiger partial charge in [-0.15, -0.1) is 0 Å². The highest BCUT2D eigenvalue weighted by Gasteiger charge is 2.51. The highest BCUT2D eigenvalue weighted by atomic mass is 16.7. The molecule has 0 radical (unpaired) electrons. The van der Waals surface area contributed by atoms with Crippen molar-refractivity contribution in [1.29, 1.82) is 0 Å². The van der Waals surface area contributed by atoms with Crippen LogP contribution in [0.3, 0.4) is 0 Å². The monoisotopic (exact) mass is 810 g/mol. The maximum Gasteiger partial charge on any atom is 0.513 e. The van der Waals surface area contributed by atoms with Gasteiger partial charge in [0.2, 0.25) is 0 Å². The van der Waals surface area contributed by atoms with Crippen molar-refractivity contribution in [3.63, 3.8) is 0 Å². The zero-order chi connectivity index (χ0) is 41.7. The Morgan fingerprint density at radius 3 is 1.32 bits per heavy atom. The van der Waals surface area contributed by atoms with Crippen molar-refractivity contribution < 1.29 is 76.1 Å². The van der Waals surface area contributed by atoms with Gasteiger partial charge in [-0.25, -0.2) is 28.8 Å². The summed E-state index contributed by atoms with van der Waals surface area (Å²) in [6.07, 6.45) is -1.81. The number of hydrogen-bond acceptors (Lipinski definition) is 16. The second kappa shape index (κ2) is 19.9. The van der Waals surface area contributed by atoms with Crippen molar-refractivity contribution in [2.45, 2.75) is 37.3 Å². The van der Waals surface area contributed by atoms with Gasteiger partial charge in [0.1, 0.15) is 35.2 Å². The topological polar surface area (TPSA) is 195 Å². The van der Waals surface area contributed by atoms with Crippen LogP contribution in [0.25, 0.3) is 0 Å². The van der Waals surface area contributed by atoms with Crippen molar-refractivity contribution in [2.75, 3.05) is 33.5 Å². The van der Waals surface area contributed by atoms with Crippen molar-refractivity contribution in [3.05, 3.63) is 132 Å². The predicted molar refractivity (Wildman–Crippen MR) is 202 cm³/mol. The maximum absolute atomic E-state index is 13.0. The molecule has 4 aromatic carbocycles. The minimum absolute atomic E-state index is 0.0146. The lowest BCUT2D eigenvalue weighted by atomic mass is 10.1. The third-order valence-electron chi connectivity index (χ3n) is 8.87. The van der Waals surface area contributed by atoms with Crippen LogP contribution < -0.4 is 18.9 Å². The minimum Gasteiger partial charge on any atom is -0.497 e. The summed E-state index contributed by atoms with van der Waals surface area (Å²) < 4.78 is 53.8. The summed E-state index contributed by atoms with van der Waals surface area (Å²) in [6.45, 7) is 3.57. The second-order valence-corrected chi connectivity index (χ2v) is 12.8. The number of ether oxygens (including phenoxy) is 10. The molecular weight excluding hydrogens is 772 g/mol. The van der Waals surface area contributed by atoms with Crippen LogP contribution in [-0.4, -0.2) is 94.0 Å². The molecule has 16 nitrogen and oxygen atoms in total. The van der Waals surface area contributed by atoms with Crippen LogP contribution in [0, 0.1) is 0 Å². The fourth-order valence-electron chi connectivity index (χ4n) is 5.80. The number of hydrogen-bond donors (Lipinski definition) is 0. The lowest BCUT2D eigenvalue weighted by Crippen LogP contribution is -2.36. The molecule has 0 amide bonds. The van der Waals surface area contributed by atoms with E-state index in [1.807, 2.05) is 0 Å². The number of fused-ring (bicyclic) bond motifs is 1. The number of esters is 5. The number of unbranched alkanes of at least 4 members (excludes halogenated alkanes) is 1. The Hall–Kier alpha value is -7.04. The SMILES string of the molecule is C=CC(=O)OCCCCOC(=O)Oc1ccc(C(=O)Oc2ccc(C(=O)O[C@H]3CO[C@H]4[C@@H]3OC[C@H]4OC(=O)c3ccc(OC(=O)c4ccc(OC)cc4)cc3)cc2)cc1. The molecule has 2 aliphatic rings. The van der Waals surface area contributed by atoms with E-state index in [1.165, 1.54) is 79.9 Å². The van der Waals surface area contributed by atoms with E-state index in [2.05, 4.69) is 6.58 Å². The van der Waals surface area contributed by atoms with Gasteiger partial charge in [-0.2, -0.15) is 0 Å². The van der Waals surface area contributed by atoms with Gasteiger partial charge in [0, 0.05) is 6.08 Å². The molecular formula is C43H38O16. The van der Waals surface area contributed by atoms with Crippen molar-refractivity contribution in [2.24, 2.45) is 0 Å². The molecule has 2 saturated heterocycles. The molecule has 2 aliphatic heterocycles. The Labute approximate surface area is 337 Å². The van der Waals surface area contributed by atoms with Gasteiger partial charge in [-0.1, -0.05) is 6.58 Å². The largest absolute Gasteiger partial charge is 0.513 e. The zero-order valence-corrected chi connectivity index (χ0v) is 31.6. The normalized spacial score (nSPS) is 17.7. The van der Waals surface area contributed by atoms with Gasteiger partial charge in [0.25, 0.3) is 0 Å². The average molecular weight is 811 g/mol. The number of carbonyl (C=O) groups is 6. The fraction of sp³-hybridized carbons (Fsp3) is 0.256. The standard InChI is InChI=1S/C43H38O16/c1-3-36(44)51-22-4-5-23-52-43(49)57-33-20-12-27(13-21-33)40(46)56-32-18-10-29(11-19-32)42(48)59-35-25-54-37-34(24-53-38(35)37)58-41(47)28-8-16-31(17-9-28)55-39(45)26-6-14-30(50-2)15-7-26/h3,6-21,34-35,37-38H,1,4-5,22-25H2,2H3/t34-,35+,37-,38-/m1/s1. The molecule has 2 heterocycles. The first-order valence-corrected chi connectivity index (χ1v) is 18.3. The number of rotatable bonds is 16. The van der Waals surface area contributed by atoms with E-state index < -0.39 is 60.4 Å². The Kier molecular flexibility index (Phi) is 14.0. The van der Waals surface area contributed by atoms with Crippen LogP contribution >= 0.6 is 0 Å². The van der Waals surface area contributed by atoms with Crippen LogP contribution in [0.5, 0.6) is 23.0 Å². The first-order chi connectivity index (χ1) is 28.6. The third-order valence-corrected chi connectivity index (χ3v) is 8.87. The predicted octanol–water partition coefficient (Wildman–Crippen LogP) is 5.71. The fourth-order valence-corrected chi connectivity index (χ4v) is 5.80. The molecule has 0 saturated carbocycles. The Morgan fingerprint density at radius 2 is 0.915 bits per heavy atom. The molecule has 16 heteroatoms. The molecule has 2 fully saturated rings. The van der Waals surface area contributed by atoms with Crippen molar-refractivity contribution in [1.82, 2.24) is 0 Å². The number of methoxy groups -OCH3 is 1. The summed E-state index contributed by atoms with van der Waals surface area (Å²) >= 11 is 0. The van der Waals surface area contributed by atoms with Gasteiger partial charge >= 0.3 is 36.0 Å². The molecule has 0 aromatic heterocycles. The van der Waals surface area contributed by atoms with E-state index in [0.29, 0.717) is 24.2 Å². The molecule has 0 unspecified atom stereocenters. The molecule has 6 rings (SSSR count). The number of benzene rings is 4. The summed E-state index contributed by atoms with van der Waals surface area (Å²) in [5, 5.41) is 0. The van der Waals surface area contributed by atoms with E-state index in [1.54, 1.807) is 24.3 Å². The lowest BCUT2D eigenvalue weighted by molar-refractivity contribution is -0.137. The molecule has 0 aliphatic carbocycles. The Balaban J connectivity index is 0.909. The third kappa shape index (κ3) is 11.3. The number of carbonyl (C=O) groups excluding carboxylic acids is 6. The van der Waals surface area contributed by atoms with E-state index in [9.17, 15) is 28.8 Å². The Bertz CT molecular complexity index is 2130. The van der Waals surface area contributed by atoms with Gasteiger partial charge in [0.15, 0.2) is 12.2 Å². The molecule has 0 spiro atoms. The van der Waals surface area contributed by atoms with Crippen LogP contribution in [-0.2, 0) is 33.2 Å². The van der Waals surface area contributed by atoms with Gasteiger partial charge in [0.05, 0.1) is 55.8 Å². The van der Waals surface area contributed by atoms with Crippen LogP contribution in [0.15, 0.2) is 110 Å².